The number of hydrogen-bond donors (Lipinski definition) is 2. The van der Waals surface area contributed by atoms with Crippen molar-refractivity contribution < 1.29 is 9.53 Å². The molecule has 2 aromatic heterocycles. The lowest BCUT2D eigenvalue weighted by atomic mass is 10.2. The van der Waals surface area contributed by atoms with Gasteiger partial charge < -0.3 is 10.1 Å². The van der Waals surface area contributed by atoms with E-state index >= 15 is 0 Å². The number of H-pyrrole nitrogens is 1. The molecule has 0 spiro atoms. The number of anilines is 1. The van der Waals surface area contributed by atoms with Gasteiger partial charge in [-0.25, -0.2) is 9.78 Å². The highest BCUT2D eigenvalue weighted by Gasteiger charge is 2.11. The fourth-order valence-corrected chi connectivity index (χ4v) is 3.71. The topological polar surface area (TPSA) is 89.0 Å². The number of carbonyl (C=O) groups is 1. The van der Waals surface area contributed by atoms with Gasteiger partial charge in [0.25, 0.3) is 5.56 Å². The van der Waals surface area contributed by atoms with Crippen molar-refractivity contribution in [3.63, 3.8) is 0 Å². The molecule has 2 heterocycles. The number of nitrogens with one attached hydrogen (secondary N) is 2. The molecule has 4 aromatic rings. The van der Waals surface area contributed by atoms with Crippen LogP contribution in [-0.2, 0) is 9.53 Å². The number of carbonyl (C=O) groups excluding carboxylic acids is 1. The molecule has 2 N–H and O–H groups in total. The van der Waals surface area contributed by atoms with E-state index in [1.165, 1.54) is 29.2 Å². The standard InChI is InChI=1S/C21H18N4O3S/c1-13-7-9-14(10-8-13)22-12-15-17(11-19(26)28-2)24-25(20(15)27)21-23-16-5-3-4-6-18(16)29-21/h3-12,22,24H,1-2H3/b15-12+,17-11-. The zero-order valence-corrected chi connectivity index (χ0v) is 16.6. The second kappa shape index (κ2) is 7.76. The summed E-state index contributed by atoms with van der Waals surface area (Å²) in [7, 11) is 1.29. The molecule has 0 aliphatic carbocycles. The number of aryl methyl sites for hydroxylation is 1. The maximum absolute atomic E-state index is 13.1. The number of benzene rings is 2. The molecule has 0 saturated heterocycles. The fourth-order valence-electron chi connectivity index (χ4n) is 2.79. The van der Waals surface area contributed by atoms with E-state index in [0.29, 0.717) is 15.7 Å². The van der Waals surface area contributed by atoms with Crippen LogP contribution >= 0.6 is 11.3 Å². The van der Waals surface area contributed by atoms with Gasteiger partial charge in [0.1, 0.15) is 0 Å². The van der Waals surface area contributed by atoms with Crippen LogP contribution in [0.3, 0.4) is 0 Å². The van der Waals surface area contributed by atoms with Crippen LogP contribution in [0.1, 0.15) is 5.56 Å². The quantitative estimate of drug-likeness (QED) is 0.505. The molecule has 0 radical (unpaired) electrons. The summed E-state index contributed by atoms with van der Waals surface area (Å²) in [4.78, 5) is 29.4. The van der Waals surface area contributed by atoms with Crippen LogP contribution < -0.4 is 21.4 Å². The Bertz CT molecular complexity index is 1330. The average Bonchev–Trinajstić information content (AvgIpc) is 3.28. The summed E-state index contributed by atoms with van der Waals surface area (Å²) in [5.41, 5.74) is 2.44. The first kappa shape index (κ1) is 18.7. The van der Waals surface area contributed by atoms with Gasteiger partial charge in [-0.15, -0.1) is 0 Å². The molecule has 8 heteroatoms. The molecule has 0 bridgehead atoms. The number of esters is 1. The van der Waals surface area contributed by atoms with Gasteiger partial charge in [0.2, 0.25) is 5.13 Å². The highest BCUT2D eigenvalue weighted by molar-refractivity contribution is 7.20. The molecular weight excluding hydrogens is 388 g/mol. The molecule has 2 aromatic carbocycles. The smallest absolute Gasteiger partial charge is 0.332 e. The molecule has 0 unspecified atom stereocenters. The second-order valence-electron chi connectivity index (χ2n) is 6.37. The van der Waals surface area contributed by atoms with E-state index in [0.717, 1.165) is 21.5 Å². The van der Waals surface area contributed by atoms with Crippen molar-refractivity contribution in [2.45, 2.75) is 6.92 Å². The summed E-state index contributed by atoms with van der Waals surface area (Å²) in [6.45, 7) is 2.00. The second-order valence-corrected chi connectivity index (χ2v) is 7.38. The maximum atomic E-state index is 13.1. The largest absolute Gasteiger partial charge is 0.466 e. The van der Waals surface area contributed by atoms with Gasteiger partial charge in [0.15, 0.2) is 0 Å². The molecule has 4 rings (SSSR count). The number of ether oxygens (including phenoxy) is 1. The van der Waals surface area contributed by atoms with E-state index in [9.17, 15) is 9.59 Å². The molecule has 7 nitrogen and oxygen atoms in total. The Kier molecular flexibility index (Phi) is 5.01. The lowest BCUT2D eigenvalue weighted by Gasteiger charge is -1.99. The SMILES string of the molecule is COC(=O)/C=c1\[nH]n(-c2nc3ccccc3s2)c(=O)\c1=C\Nc1ccc(C)cc1. The summed E-state index contributed by atoms with van der Waals surface area (Å²) in [6.07, 6.45) is 2.82. The third kappa shape index (κ3) is 3.83. The van der Waals surface area contributed by atoms with Crippen LogP contribution in [0.25, 0.3) is 27.6 Å². The molecule has 146 valence electrons. The molecule has 29 heavy (non-hydrogen) atoms. The van der Waals surface area contributed by atoms with Crippen LogP contribution in [0.2, 0.25) is 0 Å². The number of fused-ring (bicyclic) bond motifs is 1. The predicted molar refractivity (Wildman–Crippen MR) is 115 cm³/mol. The Hall–Kier alpha value is -3.65. The molecule has 0 amide bonds. The number of aromatic amines is 1. The predicted octanol–water partition coefficient (Wildman–Crippen LogP) is 1.89. The highest BCUT2D eigenvalue weighted by Crippen LogP contribution is 2.22. The minimum absolute atomic E-state index is 0.301. The summed E-state index contributed by atoms with van der Waals surface area (Å²) < 4.78 is 7.01. The zero-order chi connectivity index (χ0) is 20.4. The number of hydrogen-bond acceptors (Lipinski definition) is 6. The van der Waals surface area contributed by atoms with Crippen LogP contribution in [0, 0.1) is 6.92 Å². The summed E-state index contributed by atoms with van der Waals surface area (Å²) in [5.74, 6) is -0.562. The Balaban J connectivity index is 1.85. The lowest BCUT2D eigenvalue weighted by molar-refractivity contribution is -0.133. The Labute approximate surface area is 169 Å². The first-order valence-electron chi connectivity index (χ1n) is 8.85. The number of para-hydroxylation sites is 1. The van der Waals surface area contributed by atoms with E-state index in [1.54, 1.807) is 6.20 Å². The Morgan fingerprint density at radius 2 is 1.97 bits per heavy atom. The summed E-state index contributed by atoms with van der Waals surface area (Å²) in [5, 5.41) is 7.19. The summed E-state index contributed by atoms with van der Waals surface area (Å²) in [6, 6.07) is 15.4. The van der Waals surface area contributed by atoms with Crippen LogP contribution in [0.5, 0.6) is 0 Å². The van der Waals surface area contributed by atoms with E-state index in [2.05, 4.69) is 15.4 Å². The highest BCUT2D eigenvalue weighted by atomic mass is 32.1. The van der Waals surface area contributed by atoms with Crippen molar-refractivity contribution in [2.75, 3.05) is 12.4 Å². The third-order valence-electron chi connectivity index (χ3n) is 4.33. The molecular formula is C21H18N4O3S. The maximum Gasteiger partial charge on any atom is 0.332 e. The van der Waals surface area contributed by atoms with Crippen molar-refractivity contribution in [1.82, 2.24) is 14.8 Å². The number of nitrogens with zero attached hydrogens (tertiary/aromatic N) is 2. The normalized spacial score (nSPS) is 12.5. The fraction of sp³-hybridized carbons (Fsp3) is 0.0952. The van der Waals surface area contributed by atoms with Crippen LogP contribution in [-0.4, -0.2) is 27.8 Å². The zero-order valence-electron chi connectivity index (χ0n) is 15.8. The van der Waals surface area contributed by atoms with Gasteiger partial charge in [-0.3, -0.25) is 9.89 Å². The molecule has 0 atom stereocenters. The van der Waals surface area contributed by atoms with E-state index in [4.69, 9.17) is 4.74 Å². The first-order chi connectivity index (χ1) is 14.0. The van der Waals surface area contributed by atoms with E-state index < -0.39 is 5.97 Å². The Morgan fingerprint density at radius 3 is 2.69 bits per heavy atom. The van der Waals surface area contributed by atoms with Gasteiger partial charge in [-0.05, 0) is 31.2 Å². The first-order valence-corrected chi connectivity index (χ1v) is 9.67. The number of aromatic nitrogens is 3. The van der Waals surface area contributed by atoms with Crippen LogP contribution in [0.4, 0.5) is 5.69 Å². The third-order valence-corrected chi connectivity index (χ3v) is 5.35. The Morgan fingerprint density at radius 1 is 1.21 bits per heavy atom. The number of rotatable bonds is 4. The molecule has 0 aliphatic rings. The van der Waals surface area contributed by atoms with Gasteiger partial charge in [-0.1, -0.05) is 41.2 Å². The average molecular weight is 406 g/mol. The van der Waals surface area contributed by atoms with Crippen molar-refractivity contribution >= 4 is 45.5 Å². The van der Waals surface area contributed by atoms with Gasteiger partial charge in [-0.2, -0.15) is 4.68 Å². The molecule has 0 aliphatic heterocycles. The van der Waals surface area contributed by atoms with Gasteiger partial charge >= 0.3 is 5.97 Å². The van der Waals surface area contributed by atoms with E-state index in [-0.39, 0.29) is 5.56 Å². The van der Waals surface area contributed by atoms with Crippen molar-refractivity contribution in [3.05, 3.63) is 75.0 Å². The minimum Gasteiger partial charge on any atom is -0.466 e. The number of methoxy groups -OCH3 is 1. The van der Waals surface area contributed by atoms with Gasteiger partial charge in [0.05, 0.1) is 27.9 Å². The molecule has 0 fully saturated rings. The summed E-state index contributed by atoms with van der Waals surface area (Å²) >= 11 is 1.38. The van der Waals surface area contributed by atoms with Crippen molar-refractivity contribution in [1.29, 1.82) is 0 Å². The lowest BCUT2D eigenvalue weighted by Crippen LogP contribution is -2.36. The molecule has 0 saturated carbocycles. The van der Waals surface area contributed by atoms with Gasteiger partial charge in [0, 0.05) is 18.0 Å². The van der Waals surface area contributed by atoms with E-state index in [1.807, 2.05) is 55.5 Å². The number of thiazole rings is 1. The monoisotopic (exact) mass is 406 g/mol. The van der Waals surface area contributed by atoms with Crippen molar-refractivity contribution in [3.8, 4) is 5.13 Å². The van der Waals surface area contributed by atoms with Crippen molar-refractivity contribution in [2.24, 2.45) is 0 Å². The minimum atomic E-state index is -0.562. The van der Waals surface area contributed by atoms with Crippen LogP contribution in [0.15, 0.2) is 53.3 Å².